The molecule has 0 bridgehead atoms. The number of fused-ring (bicyclic) bond motifs is 1. The lowest BCUT2D eigenvalue weighted by Crippen LogP contribution is -2.38. The summed E-state index contributed by atoms with van der Waals surface area (Å²) >= 11 is 0. The van der Waals surface area contributed by atoms with Gasteiger partial charge in [-0.05, 0) is 6.07 Å². The Balaban J connectivity index is 1.94. The number of hydrogen-bond acceptors (Lipinski definition) is 4. The third kappa shape index (κ3) is 2.22. The standard InChI is InChI=1S/C14H15N5O2/c1-18-8-10(13(20)19(2)14(18)21)6-15-11-5-3-4-9-7-16-17-12(9)11/h3-5,7-8,15H,6H2,1-2H3,(H,16,17). The maximum Gasteiger partial charge on any atom is 0.330 e. The Bertz CT molecular complexity index is 919. The molecule has 0 aliphatic rings. The molecule has 7 nitrogen and oxygen atoms in total. The van der Waals surface area contributed by atoms with Gasteiger partial charge < -0.3 is 9.88 Å². The molecule has 0 amide bonds. The molecular formula is C14H15N5O2. The van der Waals surface area contributed by atoms with E-state index in [1.54, 1.807) is 19.4 Å². The van der Waals surface area contributed by atoms with Crippen molar-refractivity contribution in [1.82, 2.24) is 19.3 Å². The molecule has 2 N–H and O–H groups in total. The molecule has 3 aromatic rings. The predicted molar refractivity (Wildman–Crippen MR) is 80.3 cm³/mol. The summed E-state index contributed by atoms with van der Waals surface area (Å²) in [5.41, 5.74) is 1.65. The zero-order chi connectivity index (χ0) is 15.0. The van der Waals surface area contributed by atoms with Crippen molar-refractivity contribution in [3.63, 3.8) is 0 Å². The lowest BCUT2D eigenvalue weighted by Gasteiger charge is -2.09. The van der Waals surface area contributed by atoms with E-state index in [1.807, 2.05) is 18.2 Å². The number of hydrogen-bond donors (Lipinski definition) is 2. The van der Waals surface area contributed by atoms with E-state index in [4.69, 9.17) is 0 Å². The Morgan fingerprint density at radius 3 is 2.90 bits per heavy atom. The number of para-hydroxylation sites is 1. The molecule has 0 fully saturated rings. The first-order valence-electron chi connectivity index (χ1n) is 6.49. The van der Waals surface area contributed by atoms with Crippen LogP contribution in [0, 0.1) is 0 Å². The first kappa shape index (κ1) is 13.2. The highest BCUT2D eigenvalue weighted by atomic mass is 16.2. The van der Waals surface area contributed by atoms with Crippen LogP contribution < -0.4 is 16.6 Å². The van der Waals surface area contributed by atoms with Crippen molar-refractivity contribution in [2.24, 2.45) is 14.1 Å². The number of anilines is 1. The van der Waals surface area contributed by atoms with Crippen molar-refractivity contribution in [3.05, 3.63) is 57.0 Å². The molecule has 2 heterocycles. The molecule has 0 aliphatic heterocycles. The minimum atomic E-state index is -0.334. The second-order valence-corrected chi connectivity index (χ2v) is 4.91. The van der Waals surface area contributed by atoms with Crippen LogP contribution in [-0.2, 0) is 20.6 Å². The summed E-state index contributed by atoms with van der Waals surface area (Å²) in [6.45, 7) is 0.332. The van der Waals surface area contributed by atoms with Crippen LogP contribution >= 0.6 is 0 Å². The fourth-order valence-corrected chi connectivity index (χ4v) is 2.31. The highest BCUT2D eigenvalue weighted by Crippen LogP contribution is 2.20. The third-order valence-corrected chi connectivity index (χ3v) is 3.46. The molecule has 0 aliphatic carbocycles. The number of H-pyrrole nitrogens is 1. The minimum absolute atomic E-state index is 0.289. The van der Waals surface area contributed by atoms with Gasteiger partial charge in [-0.3, -0.25) is 14.5 Å². The largest absolute Gasteiger partial charge is 0.379 e. The van der Waals surface area contributed by atoms with E-state index < -0.39 is 0 Å². The summed E-state index contributed by atoms with van der Waals surface area (Å²) in [5, 5.41) is 11.1. The molecule has 21 heavy (non-hydrogen) atoms. The van der Waals surface area contributed by atoms with Crippen LogP contribution in [-0.4, -0.2) is 19.3 Å². The van der Waals surface area contributed by atoms with Gasteiger partial charge in [0.1, 0.15) is 0 Å². The van der Waals surface area contributed by atoms with Crippen molar-refractivity contribution < 1.29 is 0 Å². The molecule has 0 saturated heterocycles. The van der Waals surface area contributed by atoms with Crippen LogP contribution in [0.1, 0.15) is 5.56 Å². The van der Waals surface area contributed by atoms with Gasteiger partial charge >= 0.3 is 5.69 Å². The highest BCUT2D eigenvalue weighted by Gasteiger charge is 2.08. The van der Waals surface area contributed by atoms with E-state index in [-0.39, 0.29) is 11.2 Å². The normalized spacial score (nSPS) is 11.0. The minimum Gasteiger partial charge on any atom is -0.379 e. The molecule has 1 aromatic carbocycles. The number of aryl methyl sites for hydroxylation is 1. The van der Waals surface area contributed by atoms with Crippen LogP contribution in [0.2, 0.25) is 0 Å². The van der Waals surface area contributed by atoms with Crippen molar-refractivity contribution in [2.75, 3.05) is 5.32 Å². The number of nitrogens with zero attached hydrogens (tertiary/aromatic N) is 3. The highest BCUT2D eigenvalue weighted by molar-refractivity contribution is 5.89. The second-order valence-electron chi connectivity index (χ2n) is 4.91. The second kappa shape index (κ2) is 4.93. The lowest BCUT2D eigenvalue weighted by atomic mass is 10.2. The van der Waals surface area contributed by atoms with Crippen molar-refractivity contribution >= 4 is 16.6 Å². The van der Waals surface area contributed by atoms with Gasteiger partial charge in [-0.15, -0.1) is 0 Å². The number of benzene rings is 1. The van der Waals surface area contributed by atoms with E-state index in [2.05, 4.69) is 15.5 Å². The molecule has 108 valence electrons. The zero-order valence-corrected chi connectivity index (χ0v) is 11.8. The Hall–Kier alpha value is -2.83. The molecule has 7 heteroatoms. The summed E-state index contributed by atoms with van der Waals surface area (Å²) < 4.78 is 2.50. The maximum atomic E-state index is 12.1. The molecule has 0 radical (unpaired) electrons. The fraction of sp³-hybridized carbons (Fsp3) is 0.214. The lowest BCUT2D eigenvalue weighted by molar-refractivity contribution is 0.671. The van der Waals surface area contributed by atoms with Gasteiger partial charge in [-0.2, -0.15) is 5.10 Å². The third-order valence-electron chi connectivity index (χ3n) is 3.46. The van der Waals surface area contributed by atoms with Crippen LogP contribution in [0.15, 0.2) is 40.2 Å². The monoisotopic (exact) mass is 285 g/mol. The summed E-state index contributed by atoms with van der Waals surface area (Å²) in [6, 6.07) is 5.78. The SMILES string of the molecule is Cn1cc(CNc2cccc3cn[nH]c23)c(=O)n(C)c1=O. The first-order chi connectivity index (χ1) is 10.1. The Kier molecular flexibility index (Phi) is 3.09. The van der Waals surface area contributed by atoms with E-state index in [9.17, 15) is 9.59 Å². The average Bonchev–Trinajstić information content (AvgIpc) is 2.96. The summed E-state index contributed by atoms with van der Waals surface area (Å²) in [5.74, 6) is 0. The van der Waals surface area contributed by atoms with Gasteiger partial charge in [0.25, 0.3) is 5.56 Å². The Labute approximate surface area is 119 Å². The zero-order valence-electron chi connectivity index (χ0n) is 11.8. The molecule has 0 spiro atoms. The Morgan fingerprint density at radius 1 is 1.29 bits per heavy atom. The van der Waals surface area contributed by atoms with E-state index in [0.717, 1.165) is 21.2 Å². The fourth-order valence-electron chi connectivity index (χ4n) is 2.31. The topological polar surface area (TPSA) is 84.7 Å². The number of nitrogens with one attached hydrogen (secondary N) is 2. The quantitative estimate of drug-likeness (QED) is 0.737. The average molecular weight is 285 g/mol. The van der Waals surface area contributed by atoms with Crippen molar-refractivity contribution in [1.29, 1.82) is 0 Å². The summed E-state index contributed by atoms with van der Waals surface area (Å²) in [4.78, 5) is 23.7. The van der Waals surface area contributed by atoms with Gasteiger partial charge in [0.2, 0.25) is 0 Å². The van der Waals surface area contributed by atoms with Crippen molar-refractivity contribution in [2.45, 2.75) is 6.54 Å². The van der Waals surface area contributed by atoms with Gasteiger partial charge in [0.05, 0.1) is 23.0 Å². The molecule has 3 rings (SSSR count). The molecule has 0 atom stereocenters. The van der Waals surface area contributed by atoms with E-state index in [1.165, 1.54) is 11.6 Å². The van der Waals surface area contributed by atoms with Crippen LogP contribution in [0.25, 0.3) is 10.9 Å². The molecule has 0 saturated carbocycles. The molecular weight excluding hydrogens is 270 g/mol. The number of aromatic nitrogens is 4. The van der Waals surface area contributed by atoms with Crippen LogP contribution in [0.5, 0.6) is 0 Å². The Morgan fingerprint density at radius 2 is 2.10 bits per heavy atom. The van der Waals surface area contributed by atoms with Crippen molar-refractivity contribution in [3.8, 4) is 0 Å². The van der Waals surface area contributed by atoms with Crippen LogP contribution in [0.3, 0.4) is 0 Å². The summed E-state index contributed by atoms with van der Waals surface area (Å²) in [7, 11) is 3.10. The van der Waals surface area contributed by atoms with Gasteiger partial charge in [-0.1, -0.05) is 12.1 Å². The molecule has 0 unspecified atom stereocenters. The molecule has 2 aromatic heterocycles. The van der Waals surface area contributed by atoms with Gasteiger partial charge in [0, 0.05) is 32.2 Å². The van der Waals surface area contributed by atoms with Gasteiger partial charge in [-0.25, -0.2) is 4.79 Å². The van der Waals surface area contributed by atoms with Crippen LogP contribution in [0.4, 0.5) is 5.69 Å². The van der Waals surface area contributed by atoms with E-state index >= 15 is 0 Å². The number of aromatic amines is 1. The number of rotatable bonds is 3. The van der Waals surface area contributed by atoms with Gasteiger partial charge in [0.15, 0.2) is 0 Å². The summed E-state index contributed by atoms with van der Waals surface area (Å²) in [6.07, 6.45) is 3.30. The smallest absolute Gasteiger partial charge is 0.330 e. The maximum absolute atomic E-state index is 12.1. The predicted octanol–water partition coefficient (Wildman–Crippen LogP) is 0.572. The van der Waals surface area contributed by atoms with E-state index in [0.29, 0.717) is 12.1 Å². The first-order valence-corrected chi connectivity index (χ1v) is 6.49.